The number of nitrogens with two attached hydrogens (primary N) is 1. The molecule has 23 heavy (non-hydrogen) atoms. The Bertz CT molecular complexity index is 638. The van der Waals surface area contributed by atoms with E-state index < -0.39 is 5.54 Å². The van der Waals surface area contributed by atoms with Gasteiger partial charge in [-0.2, -0.15) is 0 Å². The first-order chi connectivity index (χ1) is 10.5. The number of carbonyl (C=O) groups is 1. The van der Waals surface area contributed by atoms with E-state index in [-0.39, 0.29) is 18.3 Å². The molecule has 0 spiro atoms. The lowest BCUT2D eigenvalue weighted by atomic mass is 9.93. The maximum Gasteiger partial charge on any atom is 0.271 e. The first-order valence-corrected chi connectivity index (χ1v) is 8.40. The highest BCUT2D eigenvalue weighted by Crippen LogP contribution is 2.21. The van der Waals surface area contributed by atoms with Crippen molar-refractivity contribution in [3.8, 4) is 0 Å². The largest absolute Gasteiger partial charge is 0.342 e. The van der Waals surface area contributed by atoms with Crippen molar-refractivity contribution < 1.29 is 4.79 Å². The van der Waals surface area contributed by atoms with Gasteiger partial charge in [0, 0.05) is 11.8 Å². The lowest BCUT2D eigenvalue weighted by Crippen LogP contribution is -2.41. The van der Waals surface area contributed by atoms with E-state index in [4.69, 9.17) is 5.73 Å². The van der Waals surface area contributed by atoms with Gasteiger partial charge in [0.05, 0.1) is 10.5 Å². The number of halogens is 1. The second-order valence-electron chi connectivity index (χ2n) is 5.79. The molecule has 3 N–H and O–H groups in total. The minimum atomic E-state index is -0.443. The van der Waals surface area contributed by atoms with Crippen molar-refractivity contribution in [2.24, 2.45) is 5.73 Å². The molecule has 0 radical (unpaired) electrons. The number of rotatable bonds is 6. The molecule has 2 rings (SSSR count). The Morgan fingerprint density at radius 1 is 1.30 bits per heavy atom. The third-order valence-electron chi connectivity index (χ3n) is 3.65. The van der Waals surface area contributed by atoms with Crippen LogP contribution >= 0.6 is 23.7 Å². The van der Waals surface area contributed by atoms with Crippen LogP contribution in [0, 0.1) is 0 Å². The minimum absolute atomic E-state index is 0. The van der Waals surface area contributed by atoms with Crippen molar-refractivity contribution in [3.63, 3.8) is 0 Å². The molecule has 1 aromatic carbocycles. The third-order valence-corrected chi connectivity index (χ3v) is 4.56. The zero-order chi connectivity index (χ0) is 16.2. The zero-order valence-corrected chi connectivity index (χ0v) is 15.4. The van der Waals surface area contributed by atoms with Crippen LogP contribution in [0.25, 0.3) is 0 Å². The molecule has 126 valence electrons. The zero-order valence-electron chi connectivity index (χ0n) is 13.8. The van der Waals surface area contributed by atoms with Gasteiger partial charge in [0.1, 0.15) is 5.69 Å². The molecule has 0 saturated carbocycles. The summed E-state index contributed by atoms with van der Waals surface area (Å²) in [5, 5.41) is 5.74. The fourth-order valence-electron chi connectivity index (χ4n) is 2.23. The predicted molar refractivity (Wildman–Crippen MR) is 98.4 cm³/mol. The number of nitrogens with zero attached hydrogens (tertiary/aromatic N) is 1. The number of nitrogens with one attached hydrogen (secondary N) is 1. The summed E-state index contributed by atoms with van der Waals surface area (Å²) in [6, 6.07) is 8.34. The number of aryl methyl sites for hydroxylation is 1. The van der Waals surface area contributed by atoms with Crippen molar-refractivity contribution >= 4 is 29.7 Å². The molecular weight excluding hydrogens is 330 g/mol. The summed E-state index contributed by atoms with van der Waals surface area (Å²) in [4.78, 5) is 16.7. The molecule has 0 saturated heterocycles. The summed E-state index contributed by atoms with van der Waals surface area (Å²) in [6.45, 7) is 6.67. The van der Waals surface area contributed by atoms with E-state index in [0.717, 1.165) is 17.0 Å². The number of benzene rings is 1. The summed E-state index contributed by atoms with van der Waals surface area (Å²) >= 11 is 1.48. The van der Waals surface area contributed by atoms with Crippen molar-refractivity contribution in [1.82, 2.24) is 10.3 Å². The van der Waals surface area contributed by atoms with Crippen LogP contribution in [-0.2, 0) is 18.4 Å². The maximum absolute atomic E-state index is 12.4. The normalized spacial score (nSPS) is 11.0. The number of aromatic nitrogens is 1. The van der Waals surface area contributed by atoms with Crippen molar-refractivity contribution in [2.75, 3.05) is 6.54 Å². The van der Waals surface area contributed by atoms with Crippen LogP contribution in [0.5, 0.6) is 0 Å². The Kier molecular flexibility index (Phi) is 7.19. The highest BCUT2D eigenvalue weighted by molar-refractivity contribution is 7.09. The van der Waals surface area contributed by atoms with Crippen LogP contribution in [-0.4, -0.2) is 17.4 Å². The van der Waals surface area contributed by atoms with E-state index in [9.17, 15) is 4.79 Å². The van der Waals surface area contributed by atoms with E-state index >= 15 is 0 Å². The predicted octanol–water partition coefficient (Wildman–Crippen LogP) is 3.29. The van der Waals surface area contributed by atoms with E-state index in [1.165, 1.54) is 16.9 Å². The summed E-state index contributed by atoms with van der Waals surface area (Å²) in [7, 11) is 0. The highest BCUT2D eigenvalue weighted by atomic mass is 35.5. The van der Waals surface area contributed by atoms with E-state index in [1.807, 2.05) is 13.8 Å². The molecule has 1 amide bonds. The number of thiazole rings is 1. The van der Waals surface area contributed by atoms with E-state index in [1.54, 1.807) is 5.38 Å². The smallest absolute Gasteiger partial charge is 0.271 e. The number of amides is 1. The number of carbonyl (C=O) groups excluding carboxylic acids is 1. The monoisotopic (exact) mass is 353 g/mol. The van der Waals surface area contributed by atoms with Gasteiger partial charge >= 0.3 is 0 Å². The standard InChI is InChI=1S/C17H23N3OS.ClH/c1-4-12-5-7-13(8-6-12)17(2,3)20-16(21)14-11-22-15(19-14)9-10-18;/h5-8,11H,4,9-10,18H2,1-3H3,(H,20,21);1H. The summed E-state index contributed by atoms with van der Waals surface area (Å²) in [5.41, 5.74) is 7.90. The van der Waals surface area contributed by atoms with Crippen molar-refractivity contribution in [1.29, 1.82) is 0 Å². The Morgan fingerprint density at radius 2 is 1.96 bits per heavy atom. The number of hydrogen-bond acceptors (Lipinski definition) is 4. The molecule has 4 nitrogen and oxygen atoms in total. The van der Waals surface area contributed by atoms with Crippen molar-refractivity contribution in [3.05, 3.63) is 51.5 Å². The Hall–Kier alpha value is -1.43. The van der Waals surface area contributed by atoms with Gasteiger partial charge in [-0.1, -0.05) is 31.2 Å². The van der Waals surface area contributed by atoms with Gasteiger partial charge in [0.25, 0.3) is 5.91 Å². The number of hydrogen-bond donors (Lipinski definition) is 2. The highest BCUT2D eigenvalue weighted by Gasteiger charge is 2.24. The molecule has 0 atom stereocenters. The van der Waals surface area contributed by atoms with Crippen LogP contribution < -0.4 is 11.1 Å². The molecule has 2 aromatic rings. The SMILES string of the molecule is CCc1ccc(C(C)(C)NC(=O)c2csc(CCN)n2)cc1.Cl. The Balaban J connectivity index is 0.00000264. The molecule has 1 aromatic heterocycles. The fraction of sp³-hybridized carbons (Fsp3) is 0.412. The van der Waals surface area contributed by atoms with Gasteiger partial charge in [-0.3, -0.25) is 4.79 Å². The Labute approximate surface area is 147 Å². The summed E-state index contributed by atoms with van der Waals surface area (Å²) < 4.78 is 0. The van der Waals surface area contributed by atoms with Gasteiger partial charge in [-0.15, -0.1) is 23.7 Å². The lowest BCUT2D eigenvalue weighted by Gasteiger charge is -2.26. The van der Waals surface area contributed by atoms with E-state index in [0.29, 0.717) is 18.7 Å². The average molecular weight is 354 g/mol. The molecule has 6 heteroatoms. The topological polar surface area (TPSA) is 68.0 Å². The molecule has 1 heterocycles. The summed E-state index contributed by atoms with van der Waals surface area (Å²) in [6.07, 6.45) is 1.72. The van der Waals surface area contributed by atoms with Crippen LogP contribution in [0.15, 0.2) is 29.6 Å². The van der Waals surface area contributed by atoms with Crippen LogP contribution in [0.3, 0.4) is 0 Å². The van der Waals surface area contributed by atoms with Crippen LogP contribution in [0.1, 0.15) is 47.4 Å². The molecule has 0 aliphatic carbocycles. The van der Waals surface area contributed by atoms with Gasteiger partial charge < -0.3 is 11.1 Å². The first-order valence-electron chi connectivity index (χ1n) is 7.52. The van der Waals surface area contributed by atoms with Crippen LogP contribution in [0.2, 0.25) is 0 Å². The second-order valence-corrected chi connectivity index (χ2v) is 6.74. The van der Waals surface area contributed by atoms with E-state index in [2.05, 4.69) is 41.5 Å². The van der Waals surface area contributed by atoms with Crippen LogP contribution in [0.4, 0.5) is 0 Å². The quantitative estimate of drug-likeness (QED) is 0.837. The molecule has 0 aliphatic rings. The van der Waals surface area contributed by atoms with Gasteiger partial charge in [0.2, 0.25) is 0 Å². The van der Waals surface area contributed by atoms with Crippen molar-refractivity contribution in [2.45, 2.75) is 39.2 Å². The molecule has 0 aliphatic heterocycles. The fourth-order valence-corrected chi connectivity index (χ4v) is 3.02. The van der Waals surface area contributed by atoms with Gasteiger partial charge in [-0.25, -0.2) is 4.98 Å². The lowest BCUT2D eigenvalue weighted by molar-refractivity contribution is 0.0907. The third kappa shape index (κ3) is 5.03. The Morgan fingerprint density at radius 3 is 2.52 bits per heavy atom. The maximum atomic E-state index is 12.4. The van der Waals surface area contributed by atoms with Gasteiger partial charge in [0.15, 0.2) is 0 Å². The minimum Gasteiger partial charge on any atom is -0.342 e. The first kappa shape index (κ1) is 19.6. The second kappa shape index (κ2) is 8.43. The molecule has 0 bridgehead atoms. The summed E-state index contributed by atoms with van der Waals surface area (Å²) in [5.74, 6) is -0.149. The molecule has 0 fully saturated rings. The molecular formula is C17H24ClN3OS. The van der Waals surface area contributed by atoms with Gasteiger partial charge in [-0.05, 0) is 37.9 Å². The molecule has 0 unspecified atom stereocenters. The average Bonchev–Trinajstić information content (AvgIpc) is 2.96.